The molecule has 0 spiro atoms. The van der Waals surface area contributed by atoms with E-state index in [-0.39, 0.29) is 11.6 Å². The number of ether oxygens (including phenoxy) is 2. The van der Waals surface area contributed by atoms with Crippen molar-refractivity contribution in [3.8, 4) is 11.3 Å². The van der Waals surface area contributed by atoms with Crippen molar-refractivity contribution in [3.63, 3.8) is 0 Å². The van der Waals surface area contributed by atoms with Gasteiger partial charge in [-0.1, -0.05) is 60.7 Å². The van der Waals surface area contributed by atoms with Crippen molar-refractivity contribution in [1.82, 2.24) is 4.57 Å². The number of carbonyl (C=O) groups excluding carboxylic acids is 2. The normalized spacial score (nSPS) is 14.8. The molecule has 0 saturated heterocycles. The van der Waals surface area contributed by atoms with Crippen LogP contribution < -0.4 is 0 Å². The van der Waals surface area contributed by atoms with Crippen molar-refractivity contribution in [2.24, 2.45) is 0 Å². The van der Waals surface area contributed by atoms with E-state index in [2.05, 4.69) is 16.7 Å². The monoisotopic (exact) mass is 361 g/mol. The number of carbonyl (C=O) groups is 2. The Balaban J connectivity index is 2.00. The highest BCUT2D eigenvalue weighted by molar-refractivity contribution is 6.09. The van der Waals surface area contributed by atoms with Gasteiger partial charge in [0.15, 0.2) is 0 Å². The Bertz CT molecular complexity index is 1010. The van der Waals surface area contributed by atoms with E-state index in [4.69, 9.17) is 9.47 Å². The molecule has 1 aliphatic heterocycles. The molecular formula is C22H19NO4. The molecule has 0 aliphatic carbocycles. The van der Waals surface area contributed by atoms with Crippen molar-refractivity contribution in [1.29, 1.82) is 0 Å². The minimum atomic E-state index is -0.539. The van der Waals surface area contributed by atoms with Crippen molar-refractivity contribution in [3.05, 3.63) is 83.0 Å². The van der Waals surface area contributed by atoms with Crippen molar-refractivity contribution >= 4 is 11.9 Å². The molecule has 2 aromatic carbocycles. The lowest BCUT2D eigenvalue weighted by atomic mass is 9.93. The first-order chi connectivity index (χ1) is 13.2. The summed E-state index contributed by atoms with van der Waals surface area (Å²) in [7, 11) is 2.64. The lowest BCUT2D eigenvalue weighted by molar-refractivity contribution is 0.0556. The van der Waals surface area contributed by atoms with Gasteiger partial charge in [0.05, 0.1) is 31.5 Å². The van der Waals surface area contributed by atoms with Gasteiger partial charge in [0.25, 0.3) is 0 Å². The Kier molecular flexibility index (Phi) is 4.28. The average molecular weight is 361 g/mol. The number of esters is 2. The van der Waals surface area contributed by atoms with Gasteiger partial charge in [-0.15, -0.1) is 0 Å². The summed E-state index contributed by atoms with van der Waals surface area (Å²) in [6, 6.07) is 19.7. The number of fused-ring (bicyclic) bond motifs is 1. The molecule has 1 atom stereocenters. The average Bonchev–Trinajstić information content (AvgIpc) is 2.97. The van der Waals surface area contributed by atoms with Crippen LogP contribution in [-0.4, -0.2) is 30.7 Å². The van der Waals surface area contributed by atoms with Crippen LogP contribution in [0.3, 0.4) is 0 Å². The molecule has 0 N–H and O–H groups in total. The highest BCUT2D eigenvalue weighted by Crippen LogP contribution is 2.45. The second kappa shape index (κ2) is 6.76. The van der Waals surface area contributed by atoms with Crippen LogP contribution in [-0.2, 0) is 15.9 Å². The fourth-order valence-electron chi connectivity index (χ4n) is 3.79. The Morgan fingerprint density at radius 2 is 1.41 bits per heavy atom. The molecule has 0 saturated carbocycles. The van der Waals surface area contributed by atoms with Gasteiger partial charge in [-0.3, -0.25) is 0 Å². The SMILES string of the molecule is COC(=O)c1c(C(=O)OC)c(-c2ccccc2)n2c1CC2c1ccccc1. The largest absolute Gasteiger partial charge is 0.465 e. The zero-order chi connectivity index (χ0) is 19.0. The summed E-state index contributed by atoms with van der Waals surface area (Å²) in [4.78, 5) is 25.1. The molecule has 0 radical (unpaired) electrons. The van der Waals surface area contributed by atoms with E-state index in [9.17, 15) is 9.59 Å². The maximum Gasteiger partial charge on any atom is 0.340 e. The van der Waals surface area contributed by atoms with Crippen LogP contribution >= 0.6 is 0 Å². The summed E-state index contributed by atoms with van der Waals surface area (Å²) >= 11 is 0. The first-order valence-electron chi connectivity index (χ1n) is 8.71. The van der Waals surface area contributed by atoms with E-state index in [1.54, 1.807) is 0 Å². The van der Waals surface area contributed by atoms with Gasteiger partial charge < -0.3 is 14.0 Å². The summed E-state index contributed by atoms with van der Waals surface area (Å²) in [5.74, 6) is -1.06. The summed E-state index contributed by atoms with van der Waals surface area (Å²) in [6.07, 6.45) is 0.658. The van der Waals surface area contributed by atoms with E-state index in [1.165, 1.54) is 14.2 Å². The molecular weight excluding hydrogens is 342 g/mol. The fraction of sp³-hybridized carbons (Fsp3) is 0.182. The van der Waals surface area contributed by atoms with Crippen LogP contribution in [0.4, 0.5) is 0 Å². The van der Waals surface area contributed by atoms with Crippen molar-refractivity contribution in [2.45, 2.75) is 12.5 Å². The number of hydrogen-bond donors (Lipinski definition) is 0. The number of methoxy groups -OCH3 is 2. The van der Waals surface area contributed by atoms with Gasteiger partial charge in [-0.25, -0.2) is 9.59 Å². The number of aromatic nitrogens is 1. The van der Waals surface area contributed by atoms with Crippen LogP contribution in [0.1, 0.15) is 38.0 Å². The van der Waals surface area contributed by atoms with Crippen LogP contribution in [0.2, 0.25) is 0 Å². The summed E-state index contributed by atoms with van der Waals surface area (Å²) in [6.45, 7) is 0. The Labute approximate surface area is 157 Å². The molecule has 0 bridgehead atoms. The molecule has 1 unspecified atom stereocenters. The Morgan fingerprint density at radius 1 is 0.852 bits per heavy atom. The third-order valence-electron chi connectivity index (χ3n) is 5.02. The highest BCUT2D eigenvalue weighted by Gasteiger charge is 2.41. The third kappa shape index (κ3) is 2.63. The zero-order valence-corrected chi connectivity index (χ0v) is 15.1. The van der Waals surface area contributed by atoms with E-state index in [1.807, 2.05) is 48.5 Å². The first-order valence-corrected chi connectivity index (χ1v) is 8.71. The molecule has 5 nitrogen and oxygen atoms in total. The van der Waals surface area contributed by atoms with Crippen LogP contribution in [0, 0.1) is 0 Å². The lowest BCUT2D eigenvalue weighted by Crippen LogP contribution is -2.28. The zero-order valence-electron chi connectivity index (χ0n) is 15.1. The molecule has 136 valence electrons. The summed E-state index contributed by atoms with van der Waals surface area (Å²) in [5.41, 5.74) is 4.05. The molecule has 27 heavy (non-hydrogen) atoms. The predicted octanol–water partition coefficient (Wildman–Crippen LogP) is 3.87. The molecule has 1 aromatic heterocycles. The molecule has 4 rings (SSSR count). The molecule has 3 aromatic rings. The fourth-order valence-corrected chi connectivity index (χ4v) is 3.79. The second-order valence-electron chi connectivity index (χ2n) is 6.40. The molecule has 1 aliphatic rings. The van der Waals surface area contributed by atoms with Gasteiger partial charge in [-0.05, 0) is 11.1 Å². The van der Waals surface area contributed by atoms with Gasteiger partial charge in [0.1, 0.15) is 5.56 Å². The minimum Gasteiger partial charge on any atom is -0.465 e. The van der Waals surface area contributed by atoms with Gasteiger partial charge >= 0.3 is 11.9 Å². The first kappa shape index (κ1) is 17.1. The van der Waals surface area contributed by atoms with E-state index >= 15 is 0 Å². The molecule has 5 heteroatoms. The summed E-state index contributed by atoms with van der Waals surface area (Å²) in [5, 5.41) is 0. The highest BCUT2D eigenvalue weighted by atomic mass is 16.5. The topological polar surface area (TPSA) is 57.5 Å². The number of nitrogens with zero attached hydrogens (tertiary/aromatic N) is 1. The molecule has 0 amide bonds. The van der Waals surface area contributed by atoms with Gasteiger partial charge in [-0.2, -0.15) is 0 Å². The van der Waals surface area contributed by atoms with Gasteiger partial charge in [0.2, 0.25) is 0 Å². The number of benzene rings is 2. The maximum atomic E-state index is 12.6. The predicted molar refractivity (Wildman–Crippen MR) is 101 cm³/mol. The number of rotatable bonds is 4. The second-order valence-corrected chi connectivity index (χ2v) is 6.40. The molecule has 0 fully saturated rings. The maximum absolute atomic E-state index is 12.6. The smallest absolute Gasteiger partial charge is 0.340 e. The van der Waals surface area contributed by atoms with Gasteiger partial charge in [0, 0.05) is 12.1 Å². The van der Waals surface area contributed by atoms with Crippen molar-refractivity contribution < 1.29 is 19.1 Å². The van der Waals surface area contributed by atoms with E-state index in [0.717, 1.165) is 16.8 Å². The van der Waals surface area contributed by atoms with Crippen LogP contribution in [0.15, 0.2) is 60.7 Å². The quantitative estimate of drug-likeness (QED) is 0.662. The van der Waals surface area contributed by atoms with E-state index in [0.29, 0.717) is 17.7 Å². The van der Waals surface area contributed by atoms with E-state index < -0.39 is 11.9 Å². The third-order valence-corrected chi connectivity index (χ3v) is 5.02. The van der Waals surface area contributed by atoms with Crippen molar-refractivity contribution in [2.75, 3.05) is 14.2 Å². The minimum absolute atomic E-state index is 0.0539. The standard InChI is InChI=1S/C22H19NO4/c1-26-21(24)18-17-13-16(14-9-5-3-6-10-14)23(17)20(19(18)22(25)27-2)15-11-7-4-8-12-15/h3-12,16H,13H2,1-2H3. The van der Waals surface area contributed by atoms with Crippen LogP contribution in [0.25, 0.3) is 11.3 Å². The van der Waals surface area contributed by atoms with Crippen LogP contribution in [0.5, 0.6) is 0 Å². The summed E-state index contributed by atoms with van der Waals surface area (Å²) < 4.78 is 12.0. The Morgan fingerprint density at radius 3 is 2.00 bits per heavy atom. The number of hydrogen-bond acceptors (Lipinski definition) is 4. The lowest BCUT2D eigenvalue weighted by Gasteiger charge is -2.33. The Hall–Kier alpha value is -3.34. The molecule has 2 heterocycles.